The molecule has 0 aliphatic carbocycles. The minimum atomic E-state index is 0.548. The van der Waals surface area contributed by atoms with E-state index in [0.717, 1.165) is 59.9 Å². The Morgan fingerprint density at radius 3 is 2.50 bits per heavy atom. The van der Waals surface area contributed by atoms with E-state index in [1.54, 1.807) is 7.11 Å². The number of para-hydroxylation sites is 2. The highest BCUT2D eigenvalue weighted by atomic mass is 16.5. The number of nitrogens with zero attached hydrogens (tertiary/aromatic N) is 3. The summed E-state index contributed by atoms with van der Waals surface area (Å²) < 4.78 is 7.61. The number of nitrogens with one attached hydrogen (secondary N) is 2. The molecule has 0 saturated carbocycles. The number of methoxy groups -OCH3 is 1. The molecule has 1 fully saturated rings. The van der Waals surface area contributed by atoms with Crippen LogP contribution in [0.2, 0.25) is 0 Å². The lowest BCUT2D eigenvalue weighted by Gasteiger charge is -2.23. The van der Waals surface area contributed by atoms with Crippen molar-refractivity contribution in [3.05, 3.63) is 77.9 Å². The summed E-state index contributed by atoms with van der Waals surface area (Å²) in [4.78, 5) is 2.58. The van der Waals surface area contributed by atoms with Gasteiger partial charge in [-0.05, 0) is 81.1 Å². The number of fused-ring (bicyclic) bond motifs is 1. The quantitative estimate of drug-likeness (QED) is 0.265. The van der Waals surface area contributed by atoms with Gasteiger partial charge in [-0.25, -0.2) is 0 Å². The van der Waals surface area contributed by atoms with Crippen LogP contribution in [0, 0.1) is 13.8 Å². The van der Waals surface area contributed by atoms with E-state index in [1.807, 2.05) is 18.2 Å². The van der Waals surface area contributed by atoms with Crippen molar-refractivity contribution >= 4 is 33.8 Å². The number of ether oxygens (including phenoxy) is 1. The van der Waals surface area contributed by atoms with Crippen molar-refractivity contribution in [2.45, 2.75) is 45.7 Å². The predicted octanol–water partition coefficient (Wildman–Crippen LogP) is 6.64. The third-order valence-electron chi connectivity index (χ3n) is 7.21. The Morgan fingerprint density at radius 2 is 1.72 bits per heavy atom. The second kappa shape index (κ2) is 11.1. The molecule has 0 bridgehead atoms. The number of benzene rings is 3. The average Bonchev–Trinajstić information content (AvgIpc) is 3.46. The maximum absolute atomic E-state index is 5.45. The predicted molar refractivity (Wildman–Crippen MR) is 150 cm³/mol. The van der Waals surface area contributed by atoms with E-state index in [1.165, 1.54) is 30.5 Å². The summed E-state index contributed by atoms with van der Waals surface area (Å²) in [5.41, 5.74) is 6.86. The minimum absolute atomic E-state index is 0.548. The van der Waals surface area contributed by atoms with Crippen LogP contribution >= 0.6 is 0 Å². The summed E-state index contributed by atoms with van der Waals surface area (Å²) in [6.07, 6.45) is 3.55. The van der Waals surface area contributed by atoms with Gasteiger partial charge in [0, 0.05) is 48.7 Å². The van der Waals surface area contributed by atoms with Crippen molar-refractivity contribution in [3.8, 4) is 0 Å². The largest absolute Gasteiger partial charge is 0.383 e. The van der Waals surface area contributed by atoms with Crippen molar-refractivity contribution in [1.82, 2.24) is 14.7 Å². The second-order valence-electron chi connectivity index (χ2n) is 9.83. The van der Waals surface area contributed by atoms with Crippen LogP contribution in [0.25, 0.3) is 10.9 Å². The molecule has 1 unspecified atom stereocenters. The average molecular weight is 484 g/mol. The molecule has 1 atom stereocenters. The summed E-state index contributed by atoms with van der Waals surface area (Å²) in [6.45, 7) is 8.21. The van der Waals surface area contributed by atoms with Crippen molar-refractivity contribution in [3.63, 3.8) is 0 Å². The Bertz CT molecular complexity index is 1280. The van der Waals surface area contributed by atoms with Gasteiger partial charge in [0.15, 0.2) is 5.82 Å². The number of aryl methyl sites for hydroxylation is 3. The van der Waals surface area contributed by atoms with E-state index >= 15 is 0 Å². The zero-order valence-electron chi connectivity index (χ0n) is 21.6. The fourth-order valence-electron chi connectivity index (χ4n) is 5.33. The van der Waals surface area contributed by atoms with Gasteiger partial charge in [-0.1, -0.05) is 36.4 Å². The first kappa shape index (κ1) is 24.3. The molecule has 188 valence electrons. The molecule has 1 aromatic heterocycles. The molecule has 1 saturated heterocycles. The highest BCUT2D eigenvalue weighted by Crippen LogP contribution is 2.32. The van der Waals surface area contributed by atoms with E-state index in [4.69, 9.17) is 9.84 Å². The lowest BCUT2D eigenvalue weighted by molar-refractivity contribution is 0.114. The molecule has 1 aliphatic rings. The van der Waals surface area contributed by atoms with Gasteiger partial charge in [-0.15, -0.1) is 0 Å². The first-order valence-electron chi connectivity index (χ1n) is 13.0. The molecular formula is C30H37N5O. The third kappa shape index (κ3) is 5.40. The third-order valence-corrected chi connectivity index (χ3v) is 7.21. The lowest BCUT2D eigenvalue weighted by atomic mass is 10.1. The molecule has 5 rings (SSSR count). The number of hydrogen-bond donors (Lipinski definition) is 2. The standard InChI is InChI=1S/C30H37N5O/c1-22-10-7-11-23(2)29(22)32-30-27-16-15-25(31-24-12-5-4-6-13-24)20-28(27)35(33-30)19-9-18-34-17-8-14-26(34)21-36-3/h4-7,10-13,15-16,20,26,31H,8-9,14,17-19,21H2,1-3H3,(H,32,33). The fraction of sp³-hybridized carbons (Fsp3) is 0.367. The van der Waals surface area contributed by atoms with Crippen molar-refractivity contribution in [2.24, 2.45) is 0 Å². The van der Waals surface area contributed by atoms with Gasteiger partial charge < -0.3 is 15.4 Å². The van der Waals surface area contributed by atoms with Gasteiger partial charge in [0.1, 0.15) is 0 Å². The summed E-state index contributed by atoms with van der Waals surface area (Å²) in [6, 6.07) is 23.8. The maximum Gasteiger partial charge on any atom is 0.160 e. The summed E-state index contributed by atoms with van der Waals surface area (Å²) >= 11 is 0. The van der Waals surface area contributed by atoms with Crippen LogP contribution in [0.4, 0.5) is 22.9 Å². The normalized spacial score (nSPS) is 16.0. The zero-order valence-corrected chi connectivity index (χ0v) is 21.6. The molecule has 2 heterocycles. The summed E-state index contributed by atoms with van der Waals surface area (Å²) in [7, 11) is 1.80. The summed E-state index contributed by atoms with van der Waals surface area (Å²) in [5.74, 6) is 0.909. The van der Waals surface area contributed by atoms with Gasteiger partial charge in [-0.2, -0.15) is 5.10 Å². The number of likely N-dealkylation sites (tertiary alicyclic amines) is 1. The van der Waals surface area contributed by atoms with Crippen molar-refractivity contribution < 1.29 is 4.74 Å². The van der Waals surface area contributed by atoms with Crippen molar-refractivity contribution in [1.29, 1.82) is 0 Å². The fourth-order valence-corrected chi connectivity index (χ4v) is 5.33. The first-order chi connectivity index (χ1) is 17.6. The Balaban J connectivity index is 1.41. The molecule has 0 radical (unpaired) electrons. The Kier molecular flexibility index (Phi) is 7.54. The van der Waals surface area contributed by atoms with Crippen molar-refractivity contribution in [2.75, 3.05) is 37.4 Å². The molecule has 36 heavy (non-hydrogen) atoms. The van der Waals surface area contributed by atoms with Gasteiger partial charge >= 0.3 is 0 Å². The molecule has 3 aromatic carbocycles. The van der Waals surface area contributed by atoms with Crippen LogP contribution in [-0.2, 0) is 11.3 Å². The monoisotopic (exact) mass is 483 g/mol. The van der Waals surface area contributed by atoms with Gasteiger partial charge in [0.05, 0.1) is 12.1 Å². The number of anilines is 4. The molecular weight excluding hydrogens is 446 g/mol. The van der Waals surface area contributed by atoms with Gasteiger partial charge in [0.25, 0.3) is 0 Å². The van der Waals surface area contributed by atoms with Crippen LogP contribution in [0.15, 0.2) is 66.7 Å². The number of aromatic nitrogens is 2. The zero-order chi connectivity index (χ0) is 24.9. The minimum Gasteiger partial charge on any atom is -0.383 e. The second-order valence-corrected chi connectivity index (χ2v) is 9.83. The van der Waals surface area contributed by atoms with Crippen LogP contribution < -0.4 is 10.6 Å². The molecule has 0 amide bonds. The van der Waals surface area contributed by atoms with E-state index in [9.17, 15) is 0 Å². The molecule has 6 nitrogen and oxygen atoms in total. The van der Waals surface area contributed by atoms with Crippen LogP contribution in [0.3, 0.4) is 0 Å². The number of rotatable bonds is 10. The van der Waals surface area contributed by atoms with Gasteiger partial charge in [0.2, 0.25) is 0 Å². The smallest absolute Gasteiger partial charge is 0.160 e. The highest BCUT2D eigenvalue weighted by molar-refractivity contribution is 5.94. The SMILES string of the molecule is COCC1CCCN1CCCn1nc(Nc2c(C)cccc2C)c2ccc(Nc3ccccc3)cc21. The lowest BCUT2D eigenvalue weighted by Crippen LogP contribution is -2.34. The molecule has 1 aliphatic heterocycles. The van der Waals surface area contributed by atoms with Crippen LogP contribution in [0.1, 0.15) is 30.4 Å². The van der Waals surface area contributed by atoms with Gasteiger partial charge in [-0.3, -0.25) is 9.58 Å². The van der Waals surface area contributed by atoms with Crippen LogP contribution in [0.5, 0.6) is 0 Å². The maximum atomic E-state index is 5.45. The Hall–Kier alpha value is -3.35. The molecule has 4 aromatic rings. The van der Waals surface area contributed by atoms with E-state index in [-0.39, 0.29) is 0 Å². The number of hydrogen-bond acceptors (Lipinski definition) is 5. The highest BCUT2D eigenvalue weighted by Gasteiger charge is 2.23. The summed E-state index contributed by atoms with van der Waals surface area (Å²) in [5, 5.41) is 13.4. The van der Waals surface area contributed by atoms with E-state index in [2.05, 4.69) is 82.6 Å². The molecule has 0 spiro atoms. The topological polar surface area (TPSA) is 54.4 Å². The first-order valence-corrected chi connectivity index (χ1v) is 13.0. The van der Waals surface area contributed by atoms with Crippen LogP contribution in [-0.4, -0.2) is 47.5 Å². The van der Waals surface area contributed by atoms with E-state index < -0.39 is 0 Å². The molecule has 2 N–H and O–H groups in total. The van der Waals surface area contributed by atoms with E-state index in [0.29, 0.717) is 6.04 Å². The Labute approximate surface area is 214 Å². The molecule has 6 heteroatoms. The Morgan fingerprint density at radius 1 is 0.917 bits per heavy atom.